The van der Waals surface area contributed by atoms with Crippen LogP contribution in [0.4, 0.5) is 18.9 Å². The molecule has 6 heteroatoms. The monoisotopic (exact) mass is 482 g/mol. The van der Waals surface area contributed by atoms with Crippen molar-refractivity contribution in [3.8, 4) is 0 Å². The Balaban J connectivity index is 1.40. The number of hydrogen-bond acceptors (Lipinski definition) is 3. The Labute approximate surface area is 206 Å². The lowest BCUT2D eigenvalue weighted by Crippen LogP contribution is -2.18. The zero-order chi connectivity index (χ0) is 25.1. The maximum absolute atomic E-state index is 13.5. The van der Waals surface area contributed by atoms with Crippen LogP contribution in [0.25, 0.3) is 6.08 Å². The summed E-state index contributed by atoms with van der Waals surface area (Å²) in [7, 11) is 0. The number of benzene rings is 4. The van der Waals surface area contributed by atoms with Crippen LogP contribution >= 0.6 is 0 Å². The average molecular weight is 483 g/mol. The number of rotatable bonds is 6. The highest BCUT2D eigenvalue weighted by Gasteiger charge is 2.30. The van der Waals surface area contributed by atoms with Crippen molar-refractivity contribution in [3.63, 3.8) is 0 Å². The predicted octanol–water partition coefficient (Wildman–Crippen LogP) is 7.36. The van der Waals surface area contributed by atoms with Gasteiger partial charge in [-0.2, -0.15) is 5.10 Å². The molecule has 5 rings (SSSR count). The molecule has 1 aliphatic rings. The molecule has 36 heavy (non-hydrogen) atoms. The molecule has 0 spiro atoms. The molecule has 0 saturated carbocycles. The topological polar surface area (TPSA) is 32.7 Å². The van der Waals surface area contributed by atoms with Gasteiger partial charge in [0, 0.05) is 12.0 Å². The summed E-state index contributed by atoms with van der Waals surface area (Å²) in [5.41, 5.74) is 4.58. The fourth-order valence-corrected chi connectivity index (χ4v) is 4.13. The van der Waals surface area contributed by atoms with Gasteiger partial charge in [-0.05, 0) is 83.4 Å². The fraction of sp³-hybridized carbons (Fsp3) is 0.0667. The molecule has 4 aromatic carbocycles. The smallest absolute Gasteiger partial charge is 0.185 e. The van der Waals surface area contributed by atoms with Crippen molar-refractivity contribution in [3.05, 3.63) is 143 Å². The molecular formula is C30H21F3N2O. The van der Waals surface area contributed by atoms with E-state index in [1.54, 1.807) is 30.3 Å². The number of allylic oxidation sites excluding steroid dienone is 1. The first-order valence-corrected chi connectivity index (χ1v) is 11.4. The number of anilines is 1. The van der Waals surface area contributed by atoms with E-state index in [1.807, 2.05) is 29.3 Å². The van der Waals surface area contributed by atoms with Crippen LogP contribution in [0.3, 0.4) is 0 Å². The Morgan fingerprint density at radius 2 is 1.31 bits per heavy atom. The molecule has 0 unspecified atom stereocenters. The van der Waals surface area contributed by atoms with Crippen molar-refractivity contribution < 1.29 is 18.0 Å². The predicted molar refractivity (Wildman–Crippen MR) is 135 cm³/mol. The number of hydrogen-bond donors (Lipinski definition) is 0. The van der Waals surface area contributed by atoms with Crippen LogP contribution in [0.15, 0.2) is 108 Å². The standard InChI is InChI=1S/C30H21F3N2O/c31-24-10-4-21(5-11-24)28-19-29(22-6-12-25(32)13-7-22)35(34-28)27-16-1-20(2-17-27)3-18-30(36)23-8-14-26(33)15-9-23/h1-18,29H,19H2/b18-3+/t29-/m0/s1. The van der Waals surface area contributed by atoms with Crippen molar-refractivity contribution in [2.45, 2.75) is 12.5 Å². The maximum atomic E-state index is 13.5. The van der Waals surface area contributed by atoms with Crippen molar-refractivity contribution in [1.29, 1.82) is 0 Å². The van der Waals surface area contributed by atoms with E-state index < -0.39 is 5.82 Å². The van der Waals surface area contributed by atoms with Gasteiger partial charge >= 0.3 is 0 Å². The molecule has 0 saturated heterocycles. The van der Waals surface area contributed by atoms with Gasteiger partial charge in [0.25, 0.3) is 0 Å². The zero-order valence-electron chi connectivity index (χ0n) is 19.1. The minimum atomic E-state index is -0.391. The van der Waals surface area contributed by atoms with Gasteiger partial charge in [0.15, 0.2) is 5.78 Å². The Morgan fingerprint density at radius 1 is 0.750 bits per heavy atom. The second-order valence-electron chi connectivity index (χ2n) is 8.47. The van der Waals surface area contributed by atoms with E-state index in [9.17, 15) is 18.0 Å². The van der Waals surface area contributed by atoms with Crippen LogP contribution in [-0.4, -0.2) is 11.5 Å². The first-order chi connectivity index (χ1) is 17.5. The van der Waals surface area contributed by atoms with E-state index in [0.717, 1.165) is 28.1 Å². The highest BCUT2D eigenvalue weighted by atomic mass is 19.1. The van der Waals surface area contributed by atoms with Gasteiger partial charge in [0.2, 0.25) is 0 Å². The Bertz CT molecular complexity index is 1430. The minimum absolute atomic E-state index is 0.160. The summed E-state index contributed by atoms with van der Waals surface area (Å²) < 4.78 is 40.1. The summed E-state index contributed by atoms with van der Waals surface area (Å²) in [6, 6.07) is 25.3. The molecule has 1 heterocycles. The van der Waals surface area contributed by atoms with Crippen molar-refractivity contribution in [2.75, 3.05) is 5.01 Å². The number of carbonyl (C=O) groups excluding carboxylic acids is 1. The van der Waals surface area contributed by atoms with E-state index >= 15 is 0 Å². The molecule has 3 nitrogen and oxygen atoms in total. The Morgan fingerprint density at radius 3 is 1.92 bits per heavy atom. The van der Waals surface area contributed by atoms with Crippen molar-refractivity contribution in [1.82, 2.24) is 0 Å². The lowest BCUT2D eigenvalue weighted by Gasteiger charge is -2.24. The molecule has 0 amide bonds. The summed E-state index contributed by atoms with van der Waals surface area (Å²) in [6.45, 7) is 0. The molecule has 0 fully saturated rings. The Kier molecular flexibility index (Phi) is 6.50. The molecule has 1 atom stereocenters. The van der Waals surface area contributed by atoms with Gasteiger partial charge in [-0.1, -0.05) is 42.5 Å². The molecule has 1 aliphatic heterocycles. The molecule has 4 aromatic rings. The number of carbonyl (C=O) groups is 1. The third-order valence-electron chi connectivity index (χ3n) is 6.06. The van der Waals surface area contributed by atoms with Crippen LogP contribution in [0.2, 0.25) is 0 Å². The van der Waals surface area contributed by atoms with Crippen molar-refractivity contribution in [2.24, 2.45) is 5.10 Å². The minimum Gasteiger partial charge on any atom is -0.289 e. The number of halogens is 3. The Hall–Kier alpha value is -4.45. The lowest BCUT2D eigenvalue weighted by molar-refractivity contribution is 0.104. The summed E-state index contributed by atoms with van der Waals surface area (Å²) >= 11 is 0. The third-order valence-corrected chi connectivity index (χ3v) is 6.06. The van der Waals surface area contributed by atoms with E-state index in [0.29, 0.717) is 12.0 Å². The molecule has 0 radical (unpaired) electrons. The van der Waals surface area contributed by atoms with Gasteiger partial charge in [-0.15, -0.1) is 0 Å². The van der Waals surface area contributed by atoms with Gasteiger partial charge in [0.1, 0.15) is 17.5 Å². The van der Waals surface area contributed by atoms with E-state index in [-0.39, 0.29) is 23.5 Å². The van der Waals surface area contributed by atoms with Gasteiger partial charge in [0.05, 0.1) is 17.4 Å². The first-order valence-electron chi connectivity index (χ1n) is 11.4. The van der Waals surface area contributed by atoms with Crippen LogP contribution in [0.5, 0.6) is 0 Å². The van der Waals surface area contributed by atoms with E-state index in [4.69, 9.17) is 5.10 Å². The summed E-state index contributed by atoms with van der Waals surface area (Å²) in [5, 5.41) is 6.70. The maximum Gasteiger partial charge on any atom is 0.185 e. The molecule has 0 N–H and O–H groups in total. The summed E-state index contributed by atoms with van der Waals surface area (Å²) in [6.07, 6.45) is 3.72. The third kappa shape index (κ3) is 5.13. The number of nitrogens with zero attached hydrogens (tertiary/aromatic N) is 2. The molecule has 178 valence electrons. The second kappa shape index (κ2) is 10.0. The van der Waals surface area contributed by atoms with Gasteiger partial charge < -0.3 is 0 Å². The second-order valence-corrected chi connectivity index (χ2v) is 8.47. The zero-order valence-corrected chi connectivity index (χ0v) is 19.1. The summed E-state index contributed by atoms with van der Waals surface area (Å²) in [5.74, 6) is -1.24. The largest absolute Gasteiger partial charge is 0.289 e. The van der Waals surface area contributed by atoms with Crippen LogP contribution in [0.1, 0.15) is 39.5 Å². The normalized spacial score (nSPS) is 15.4. The summed E-state index contributed by atoms with van der Waals surface area (Å²) in [4.78, 5) is 12.3. The lowest BCUT2D eigenvalue weighted by atomic mass is 9.98. The van der Waals surface area contributed by atoms with Gasteiger partial charge in [-0.25, -0.2) is 13.2 Å². The van der Waals surface area contributed by atoms with Crippen LogP contribution in [-0.2, 0) is 0 Å². The quantitative estimate of drug-likeness (QED) is 0.213. The van der Waals surface area contributed by atoms with Crippen molar-refractivity contribution >= 4 is 23.3 Å². The van der Waals surface area contributed by atoms with E-state index in [2.05, 4.69) is 0 Å². The molecule has 0 aliphatic carbocycles. The molecule has 0 bridgehead atoms. The highest BCUT2D eigenvalue weighted by molar-refractivity contribution is 6.06. The van der Waals surface area contributed by atoms with Crippen LogP contribution in [0, 0.1) is 17.5 Å². The average Bonchev–Trinajstić information content (AvgIpc) is 3.34. The molecule has 0 aromatic heterocycles. The first kappa shape index (κ1) is 23.3. The fourth-order valence-electron chi connectivity index (χ4n) is 4.13. The number of hydrazone groups is 1. The van der Waals surface area contributed by atoms with Crippen LogP contribution < -0.4 is 5.01 Å². The SMILES string of the molecule is O=C(/C=C/c1ccc(N2N=C(c3ccc(F)cc3)C[C@H]2c2ccc(F)cc2)cc1)c1ccc(F)cc1. The molecular weight excluding hydrogens is 461 g/mol. The van der Waals surface area contributed by atoms with E-state index in [1.165, 1.54) is 54.6 Å². The highest BCUT2D eigenvalue weighted by Crippen LogP contribution is 2.37. The number of ketones is 1. The van der Waals surface area contributed by atoms with Gasteiger partial charge in [-0.3, -0.25) is 9.80 Å².